The molecule has 0 aromatic carbocycles. The number of hydrogen-bond donors (Lipinski definition) is 3. The fourth-order valence-corrected chi connectivity index (χ4v) is 2.75. The van der Waals surface area contributed by atoms with Gasteiger partial charge in [-0.3, -0.25) is 4.99 Å². The number of pyridine rings is 1. The number of aromatic nitrogens is 2. The highest BCUT2D eigenvalue weighted by molar-refractivity contribution is 14.0. The van der Waals surface area contributed by atoms with E-state index in [0.29, 0.717) is 13.1 Å². The minimum Gasteiger partial charge on any atom is -0.444 e. The third-order valence-corrected chi connectivity index (χ3v) is 4.02. The Bertz CT molecular complexity index is 829. The van der Waals surface area contributed by atoms with Crippen molar-refractivity contribution in [3.05, 3.63) is 35.8 Å². The number of fused-ring (bicyclic) bond motifs is 1. The molecule has 0 radical (unpaired) electrons. The number of carbonyl (C=O) groups excluding carboxylic acids is 1. The number of nitrogens with zero attached hydrogens (tertiary/aromatic N) is 3. The first-order valence-corrected chi connectivity index (χ1v) is 10.2. The second-order valence-corrected chi connectivity index (χ2v) is 7.87. The van der Waals surface area contributed by atoms with Gasteiger partial charge >= 0.3 is 6.09 Å². The maximum Gasteiger partial charge on any atom is 0.407 e. The molecule has 0 saturated heterocycles. The average molecular weight is 530 g/mol. The van der Waals surface area contributed by atoms with Crippen LogP contribution >= 0.6 is 24.0 Å². The lowest BCUT2D eigenvalue weighted by Gasteiger charge is -2.19. The van der Waals surface area contributed by atoms with Crippen molar-refractivity contribution in [1.82, 2.24) is 25.3 Å². The molecule has 168 valence electrons. The summed E-state index contributed by atoms with van der Waals surface area (Å²) in [6.45, 7) is 12.3. The third-order valence-electron chi connectivity index (χ3n) is 4.02. The van der Waals surface area contributed by atoms with Crippen molar-refractivity contribution in [2.24, 2.45) is 4.99 Å². The molecule has 0 spiro atoms. The van der Waals surface area contributed by atoms with E-state index in [4.69, 9.17) is 9.72 Å². The predicted octanol–water partition coefficient (Wildman–Crippen LogP) is 3.27. The summed E-state index contributed by atoms with van der Waals surface area (Å²) in [7, 11) is 0. The molecule has 2 rings (SSSR count). The fraction of sp³-hybridized carbons (Fsp3) is 0.571. The molecule has 2 aromatic heterocycles. The minimum atomic E-state index is -0.482. The Hall–Kier alpha value is -2.04. The first-order valence-electron chi connectivity index (χ1n) is 10.2. The number of ether oxygens (including phenoxy) is 1. The summed E-state index contributed by atoms with van der Waals surface area (Å²) in [5, 5.41) is 9.32. The van der Waals surface area contributed by atoms with E-state index in [2.05, 4.69) is 44.5 Å². The van der Waals surface area contributed by atoms with Gasteiger partial charge in [0, 0.05) is 45.0 Å². The van der Waals surface area contributed by atoms with Gasteiger partial charge in [-0.15, -0.1) is 24.0 Å². The minimum absolute atomic E-state index is 0. The molecule has 0 unspecified atom stereocenters. The largest absolute Gasteiger partial charge is 0.444 e. The fourth-order valence-electron chi connectivity index (χ4n) is 2.75. The zero-order chi connectivity index (χ0) is 21.3. The zero-order valence-corrected chi connectivity index (χ0v) is 20.9. The van der Waals surface area contributed by atoms with Crippen LogP contribution in [0.25, 0.3) is 5.65 Å². The van der Waals surface area contributed by atoms with Gasteiger partial charge in [-0.1, -0.05) is 6.07 Å². The number of nitrogens with one attached hydrogen (secondary N) is 3. The maximum atomic E-state index is 11.6. The van der Waals surface area contributed by atoms with Crippen molar-refractivity contribution in [3.8, 4) is 0 Å². The van der Waals surface area contributed by atoms with Crippen molar-refractivity contribution in [2.45, 2.75) is 53.1 Å². The summed E-state index contributed by atoms with van der Waals surface area (Å²) < 4.78 is 7.27. The van der Waals surface area contributed by atoms with Crippen LogP contribution in [-0.4, -0.2) is 53.2 Å². The first kappa shape index (κ1) is 26.0. The molecule has 0 saturated carbocycles. The summed E-state index contributed by atoms with van der Waals surface area (Å²) in [5.74, 6) is 0.768. The molecule has 0 aliphatic rings. The molecule has 8 nitrogen and oxygen atoms in total. The van der Waals surface area contributed by atoms with Crippen LogP contribution in [0.5, 0.6) is 0 Å². The van der Waals surface area contributed by atoms with Crippen LogP contribution in [0.3, 0.4) is 0 Å². The number of rotatable bonds is 8. The van der Waals surface area contributed by atoms with Crippen LogP contribution in [0.1, 0.15) is 45.4 Å². The standard InChI is InChI=1S/C21H34N6O2.HI/c1-6-22-19(23-11-8-12-25-20(28)29-21(3,4)5)24-13-10-17-15-27-14-7-9-16(2)18(27)26-17;/h7,9,14-15H,6,8,10-13H2,1-5H3,(H,25,28)(H2,22,23,24);1H. The Balaban J connectivity index is 0.00000450. The lowest BCUT2D eigenvalue weighted by Crippen LogP contribution is -2.38. The highest BCUT2D eigenvalue weighted by Gasteiger charge is 2.15. The van der Waals surface area contributed by atoms with Crippen molar-refractivity contribution < 1.29 is 9.53 Å². The Morgan fingerprint density at radius 3 is 2.67 bits per heavy atom. The van der Waals surface area contributed by atoms with Gasteiger partial charge in [0.25, 0.3) is 0 Å². The van der Waals surface area contributed by atoms with Crippen molar-refractivity contribution >= 4 is 41.7 Å². The quantitative estimate of drug-likeness (QED) is 0.211. The SMILES string of the molecule is CCNC(=NCCCNC(=O)OC(C)(C)C)NCCc1cn2cccc(C)c2n1.I. The lowest BCUT2D eigenvalue weighted by molar-refractivity contribution is 0.0527. The van der Waals surface area contributed by atoms with Crippen LogP contribution in [0.4, 0.5) is 4.79 Å². The molecule has 0 atom stereocenters. The van der Waals surface area contributed by atoms with Crippen molar-refractivity contribution in [1.29, 1.82) is 0 Å². The Kier molecular flexibility index (Phi) is 10.9. The van der Waals surface area contributed by atoms with Crippen molar-refractivity contribution in [2.75, 3.05) is 26.2 Å². The number of guanidine groups is 1. The Morgan fingerprint density at radius 2 is 2.00 bits per heavy atom. The van der Waals surface area contributed by atoms with E-state index in [1.165, 1.54) is 5.56 Å². The van der Waals surface area contributed by atoms with E-state index >= 15 is 0 Å². The summed E-state index contributed by atoms with van der Waals surface area (Å²) in [6, 6.07) is 4.09. The number of hydrogen-bond acceptors (Lipinski definition) is 4. The number of imidazole rings is 1. The molecule has 2 heterocycles. The first-order chi connectivity index (χ1) is 13.8. The number of alkyl carbamates (subject to hydrolysis) is 1. The smallest absolute Gasteiger partial charge is 0.407 e. The van der Waals surface area contributed by atoms with Gasteiger partial charge in [0.05, 0.1) is 5.69 Å². The summed E-state index contributed by atoms with van der Waals surface area (Å²) in [6.07, 6.45) is 5.24. The molecule has 1 amide bonds. The van der Waals surface area contributed by atoms with Gasteiger partial charge < -0.3 is 25.1 Å². The lowest BCUT2D eigenvalue weighted by atomic mass is 10.2. The maximum absolute atomic E-state index is 11.6. The number of amides is 1. The van der Waals surface area contributed by atoms with Gasteiger partial charge in [-0.05, 0) is 52.7 Å². The van der Waals surface area contributed by atoms with E-state index < -0.39 is 11.7 Å². The second kappa shape index (κ2) is 12.6. The van der Waals surface area contributed by atoms with Crippen LogP contribution in [0.2, 0.25) is 0 Å². The zero-order valence-electron chi connectivity index (χ0n) is 18.6. The van der Waals surface area contributed by atoms with E-state index in [9.17, 15) is 4.79 Å². The topological polar surface area (TPSA) is 92.0 Å². The molecular weight excluding hydrogens is 495 g/mol. The van der Waals surface area contributed by atoms with Gasteiger partial charge in [-0.2, -0.15) is 0 Å². The molecule has 9 heteroatoms. The molecule has 3 N–H and O–H groups in total. The Morgan fingerprint density at radius 1 is 1.23 bits per heavy atom. The molecular formula is C21H35IN6O2. The summed E-state index contributed by atoms with van der Waals surface area (Å²) in [4.78, 5) is 20.9. The molecule has 0 bridgehead atoms. The number of carbonyl (C=O) groups is 1. The van der Waals surface area contributed by atoms with E-state index in [1.807, 2.05) is 40.0 Å². The second-order valence-electron chi connectivity index (χ2n) is 7.87. The monoisotopic (exact) mass is 530 g/mol. The number of halogens is 1. The van der Waals surface area contributed by atoms with Gasteiger partial charge in [0.15, 0.2) is 5.96 Å². The van der Waals surface area contributed by atoms with Crippen LogP contribution in [0, 0.1) is 6.92 Å². The molecule has 0 aliphatic carbocycles. The van der Waals surface area contributed by atoms with Crippen LogP contribution in [0.15, 0.2) is 29.5 Å². The van der Waals surface area contributed by atoms with Gasteiger partial charge in [0.2, 0.25) is 0 Å². The summed E-state index contributed by atoms with van der Waals surface area (Å²) in [5.41, 5.74) is 2.73. The highest BCUT2D eigenvalue weighted by Crippen LogP contribution is 2.10. The van der Waals surface area contributed by atoms with Gasteiger partial charge in [-0.25, -0.2) is 9.78 Å². The number of aliphatic imine (C=N–C) groups is 1. The number of aryl methyl sites for hydroxylation is 1. The molecule has 0 fully saturated rings. The Labute approximate surface area is 196 Å². The van der Waals surface area contributed by atoms with E-state index in [-0.39, 0.29) is 24.0 Å². The molecule has 30 heavy (non-hydrogen) atoms. The highest BCUT2D eigenvalue weighted by atomic mass is 127. The molecule has 2 aromatic rings. The third kappa shape index (κ3) is 9.19. The van der Waals surface area contributed by atoms with Crippen LogP contribution in [-0.2, 0) is 11.2 Å². The van der Waals surface area contributed by atoms with Crippen LogP contribution < -0.4 is 16.0 Å². The normalized spacial score (nSPS) is 11.7. The average Bonchev–Trinajstić information content (AvgIpc) is 3.04. The van der Waals surface area contributed by atoms with Gasteiger partial charge in [0.1, 0.15) is 11.2 Å². The summed E-state index contributed by atoms with van der Waals surface area (Å²) >= 11 is 0. The molecule has 0 aliphatic heterocycles. The van der Waals surface area contributed by atoms with E-state index in [0.717, 1.165) is 43.2 Å². The van der Waals surface area contributed by atoms with Crippen molar-refractivity contribution in [3.63, 3.8) is 0 Å². The van der Waals surface area contributed by atoms with E-state index in [1.54, 1.807) is 0 Å². The predicted molar refractivity (Wildman–Crippen MR) is 132 cm³/mol.